The minimum atomic E-state index is 0.0903. The number of methoxy groups -OCH3 is 1. The Hall–Kier alpha value is -0.600. The van der Waals surface area contributed by atoms with Gasteiger partial charge in [0.05, 0.1) is 7.11 Å². The van der Waals surface area contributed by atoms with Gasteiger partial charge in [-0.2, -0.15) is 0 Å². The quantitative estimate of drug-likeness (QED) is 0.733. The molecule has 1 rings (SSSR count). The SMILES string of the molecule is COc1ccc(N(CC(C)Cl)CC(C)Cl)cc1. The van der Waals surface area contributed by atoms with Crippen molar-refractivity contribution in [1.29, 1.82) is 0 Å². The Morgan fingerprint density at radius 2 is 1.53 bits per heavy atom. The summed E-state index contributed by atoms with van der Waals surface area (Å²) in [6.07, 6.45) is 0. The molecule has 0 aliphatic rings. The molecule has 0 spiro atoms. The fourth-order valence-electron chi connectivity index (χ4n) is 1.69. The predicted molar refractivity (Wildman–Crippen MR) is 75.8 cm³/mol. The number of anilines is 1. The van der Waals surface area contributed by atoms with Crippen LogP contribution in [0.5, 0.6) is 5.75 Å². The van der Waals surface area contributed by atoms with Crippen molar-refractivity contribution in [3.63, 3.8) is 0 Å². The molecule has 0 aromatic heterocycles. The first-order valence-electron chi connectivity index (χ1n) is 5.70. The van der Waals surface area contributed by atoms with E-state index in [-0.39, 0.29) is 10.8 Å². The molecule has 0 radical (unpaired) electrons. The van der Waals surface area contributed by atoms with Crippen LogP contribution in [0.15, 0.2) is 24.3 Å². The molecule has 0 heterocycles. The minimum absolute atomic E-state index is 0.0903. The van der Waals surface area contributed by atoms with Gasteiger partial charge in [0.1, 0.15) is 5.75 Å². The zero-order chi connectivity index (χ0) is 12.8. The largest absolute Gasteiger partial charge is 0.497 e. The van der Waals surface area contributed by atoms with Crippen molar-refractivity contribution >= 4 is 28.9 Å². The summed E-state index contributed by atoms with van der Waals surface area (Å²) in [6.45, 7) is 5.53. The zero-order valence-electron chi connectivity index (χ0n) is 10.5. The Morgan fingerprint density at radius 3 is 1.88 bits per heavy atom. The fraction of sp³-hybridized carbons (Fsp3) is 0.538. The van der Waals surface area contributed by atoms with E-state index < -0.39 is 0 Å². The van der Waals surface area contributed by atoms with Gasteiger partial charge in [0, 0.05) is 29.5 Å². The summed E-state index contributed by atoms with van der Waals surface area (Å²) < 4.78 is 5.14. The summed E-state index contributed by atoms with van der Waals surface area (Å²) in [5, 5.41) is 0.181. The molecule has 17 heavy (non-hydrogen) atoms. The van der Waals surface area contributed by atoms with E-state index in [1.807, 2.05) is 38.1 Å². The number of rotatable bonds is 6. The lowest BCUT2D eigenvalue weighted by Crippen LogP contribution is -2.33. The van der Waals surface area contributed by atoms with Crippen molar-refractivity contribution in [2.24, 2.45) is 0 Å². The average molecular weight is 276 g/mol. The van der Waals surface area contributed by atoms with E-state index >= 15 is 0 Å². The second kappa shape index (κ2) is 6.97. The van der Waals surface area contributed by atoms with Gasteiger partial charge in [0.25, 0.3) is 0 Å². The molecule has 0 amide bonds. The summed E-state index contributed by atoms with van der Waals surface area (Å²) in [6, 6.07) is 7.94. The molecule has 0 fully saturated rings. The summed E-state index contributed by atoms with van der Waals surface area (Å²) in [7, 11) is 1.66. The summed E-state index contributed by atoms with van der Waals surface area (Å²) in [4.78, 5) is 2.19. The van der Waals surface area contributed by atoms with E-state index in [1.165, 1.54) is 0 Å². The normalized spacial score (nSPS) is 14.2. The summed E-state index contributed by atoms with van der Waals surface area (Å²) in [5.74, 6) is 0.853. The zero-order valence-corrected chi connectivity index (χ0v) is 12.0. The van der Waals surface area contributed by atoms with Crippen LogP contribution in [0, 0.1) is 0 Å². The molecule has 4 heteroatoms. The second-order valence-corrected chi connectivity index (χ2v) is 5.65. The molecule has 2 unspecified atom stereocenters. The van der Waals surface area contributed by atoms with Crippen LogP contribution in [0.4, 0.5) is 5.69 Å². The predicted octanol–water partition coefficient (Wildman–Crippen LogP) is 3.76. The maximum absolute atomic E-state index is 6.05. The van der Waals surface area contributed by atoms with Crippen LogP contribution in [-0.4, -0.2) is 31.0 Å². The van der Waals surface area contributed by atoms with Crippen LogP contribution in [-0.2, 0) is 0 Å². The standard InChI is InChI=1S/C13H19Cl2NO/c1-10(14)8-16(9-11(2)15)12-4-6-13(17-3)7-5-12/h4-7,10-11H,8-9H2,1-3H3. The van der Waals surface area contributed by atoms with Crippen LogP contribution in [0.25, 0.3) is 0 Å². The van der Waals surface area contributed by atoms with Gasteiger partial charge >= 0.3 is 0 Å². The topological polar surface area (TPSA) is 12.5 Å². The lowest BCUT2D eigenvalue weighted by molar-refractivity contribution is 0.415. The lowest BCUT2D eigenvalue weighted by Gasteiger charge is -2.27. The monoisotopic (exact) mass is 275 g/mol. The molecule has 96 valence electrons. The van der Waals surface area contributed by atoms with Crippen molar-refractivity contribution in [2.45, 2.75) is 24.6 Å². The maximum atomic E-state index is 6.05. The van der Waals surface area contributed by atoms with Crippen LogP contribution in [0.2, 0.25) is 0 Å². The molecule has 2 nitrogen and oxygen atoms in total. The molecular weight excluding hydrogens is 257 g/mol. The highest BCUT2D eigenvalue weighted by atomic mass is 35.5. The molecule has 0 saturated heterocycles. The van der Waals surface area contributed by atoms with Crippen molar-refractivity contribution in [1.82, 2.24) is 0 Å². The minimum Gasteiger partial charge on any atom is -0.497 e. The molecule has 1 aromatic carbocycles. The molecule has 0 N–H and O–H groups in total. The number of alkyl halides is 2. The Kier molecular flexibility index (Phi) is 5.93. The van der Waals surface area contributed by atoms with Gasteiger partial charge in [-0.25, -0.2) is 0 Å². The molecular formula is C13H19Cl2NO. The van der Waals surface area contributed by atoms with Gasteiger partial charge in [-0.3, -0.25) is 0 Å². The van der Waals surface area contributed by atoms with E-state index in [9.17, 15) is 0 Å². The van der Waals surface area contributed by atoms with Crippen LogP contribution < -0.4 is 9.64 Å². The lowest BCUT2D eigenvalue weighted by atomic mass is 10.2. The third kappa shape index (κ3) is 5.05. The Morgan fingerprint density at radius 1 is 1.06 bits per heavy atom. The summed E-state index contributed by atoms with van der Waals surface area (Å²) >= 11 is 12.1. The molecule has 0 bridgehead atoms. The molecule has 1 aromatic rings. The van der Waals surface area contributed by atoms with Gasteiger partial charge in [0.2, 0.25) is 0 Å². The number of hydrogen-bond donors (Lipinski definition) is 0. The van der Waals surface area contributed by atoms with Crippen LogP contribution in [0.1, 0.15) is 13.8 Å². The molecule has 0 aliphatic heterocycles. The molecule has 2 atom stereocenters. The number of hydrogen-bond acceptors (Lipinski definition) is 2. The van der Waals surface area contributed by atoms with E-state index in [0.29, 0.717) is 0 Å². The highest BCUT2D eigenvalue weighted by molar-refractivity contribution is 6.21. The van der Waals surface area contributed by atoms with E-state index in [2.05, 4.69) is 4.90 Å². The highest BCUT2D eigenvalue weighted by Gasteiger charge is 2.12. The van der Waals surface area contributed by atoms with E-state index in [4.69, 9.17) is 27.9 Å². The first-order valence-corrected chi connectivity index (χ1v) is 6.57. The average Bonchev–Trinajstić information content (AvgIpc) is 2.27. The Balaban J connectivity index is 2.79. The van der Waals surface area contributed by atoms with Crippen LogP contribution >= 0.6 is 23.2 Å². The Labute approximate surface area is 113 Å². The van der Waals surface area contributed by atoms with Gasteiger partial charge in [-0.05, 0) is 38.1 Å². The first kappa shape index (κ1) is 14.5. The van der Waals surface area contributed by atoms with Crippen molar-refractivity contribution in [2.75, 3.05) is 25.1 Å². The highest BCUT2D eigenvalue weighted by Crippen LogP contribution is 2.21. The van der Waals surface area contributed by atoms with Crippen molar-refractivity contribution in [3.8, 4) is 5.75 Å². The van der Waals surface area contributed by atoms with E-state index in [1.54, 1.807) is 7.11 Å². The third-order valence-electron chi connectivity index (χ3n) is 2.38. The van der Waals surface area contributed by atoms with Gasteiger partial charge < -0.3 is 9.64 Å². The second-order valence-electron chi connectivity index (χ2n) is 4.16. The first-order chi connectivity index (χ1) is 8.02. The van der Waals surface area contributed by atoms with Crippen molar-refractivity contribution < 1.29 is 4.74 Å². The molecule has 0 saturated carbocycles. The van der Waals surface area contributed by atoms with Crippen LogP contribution in [0.3, 0.4) is 0 Å². The third-order valence-corrected chi connectivity index (χ3v) is 2.66. The fourth-order valence-corrected chi connectivity index (χ4v) is 2.02. The number of nitrogens with zero attached hydrogens (tertiary/aromatic N) is 1. The van der Waals surface area contributed by atoms with Gasteiger partial charge in [-0.1, -0.05) is 0 Å². The smallest absolute Gasteiger partial charge is 0.119 e. The van der Waals surface area contributed by atoms with Crippen molar-refractivity contribution in [3.05, 3.63) is 24.3 Å². The number of halogens is 2. The van der Waals surface area contributed by atoms with Gasteiger partial charge in [0.15, 0.2) is 0 Å². The van der Waals surface area contributed by atoms with Gasteiger partial charge in [-0.15, -0.1) is 23.2 Å². The number of ether oxygens (including phenoxy) is 1. The number of benzene rings is 1. The molecule has 0 aliphatic carbocycles. The van der Waals surface area contributed by atoms with E-state index in [0.717, 1.165) is 24.5 Å². The Bertz CT molecular complexity index is 315. The maximum Gasteiger partial charge on any atom is 0.119 e. The summed E-state index contributed by atoms with van der Waals surface area (Å²) in [5.41, 5.74) is 1.12.